The molecule has 196 valence electrons. The Balaban J connectivity index is 1.32. The molecule has 1 aliphatic heterocycles. The maximum Gasteiger partial charge on any atom is 0.341 e. The monoisotopic (exact) mass is 508 g/mol. The topological polar surface area (TPSA) is 61.8 Å². The van der Waals surface area contributed by atoms with Crippen LogP contribution in [0.25, 0.3) is 10.8 Å². The minimum atomic E-state index is -0.963. The summed E-state index contributed by atoms with van der Waals surface area (Å²) < 4.78 is 5.58. The second-order valence-electron chi connectivity index (χ2n) is 10.3. The summed E-state index contributed by atoms with van der Waals surface area (Å²) in [5, 5.41) is 15.5. The van der Waals surface area contributed by atoms with Gasteiger partial charge in [-0.1, -0.05) is 91.0 Å². The highest BCUT2D eigenvalue weighted by molar-refractivity contribution is 5.86. The van der Waals surface area contributed by atoms with Crippen molar-refractivity contribution >= 4 is 16.7 Å². The van der Waals surface area contributed by atoms with Crippen molar-refractivity contribution in [2.45, 2.75) is 31.8 Å². The van der Waals surface area contributed by atoms with Crippen LogP contribution in [0.3, 0.4) is 0 Å². The second kappa shape index (κ2) is 12.2. The van der Waals surface area contributed by atoms with E-state index >= 15 is 0 Å². The van der Waals surface area contributed by atoms with Crippen molar-refractivity contribution in [2.75, 3.05) is 26.2 Å². The summed E-state index contributed by atoms with van der Waals surface area (Å²) in [7, 11) is 0. The van der Waals surface area contributed by atoms with Gasteiger partial charge in [-0.2, -0.15) is 0 Å². The highest BCUT2D eigenvalue weighted by atomic mass is 16.5. The van der Waals surface area contributed by atoms with E-state index in [1.165, 1.54) is 21.9 Å². The highest BCUT2D eigenvalue weighted by Gasteiger charge is 2.31. The molecule has 0 radical (unpaired) electrons. The first-order valence-electron chi connectivity index (χ1n) is 13.5. The van der Waals surface area contributed by atoms with E-state index in [9.17, 15) is 4.79 Å². The fourth-order valence-corrected chi connectivity index (χ4v) is 5.82. The lowest BCUT2D eigenvalue weighted by Crippen LogP contribution is -2.43. The molecular formula is C33H36N2O3. The molecule has 4 aromatic rings. The van der Waals surface area contributed by atoms with Crippen LogP contribution in [0, 0.1) is 5.92 Å². The van der Waals surface area contributed by atoms with E-state index in [1.807, 2.05) is 24.3 Å². The van der Waals surface area contributed by atoms with Gasteiger partial charge in [0, 0.05) is 31.2 Å². The molecule has 1 saturated heterocycles. The highest BCUT2D eigenvalue weighted by Crippen LogP contribution is 2.35. The molecule has 1 fully saturated rings. The maximum absolute atomic E-state index is 11.0. The summed E-state index contributed by atoms with van der Waals surface area (Å²) in [6, 6.07) is 34.0. The fraction of sp³-hybridized carbons (Fsp3) is 0.303. The van der Waals surface area contributed by atoms with Crippen LogP contribution in [0.2, 0.25) is 0 Å². The third-order valence-electron chi connectivity index (χ3n) is 7.74. The Morgan fingerprint density at radius 3 is 2.55 bits per heavy atom. The molecule has 0 amide bonds. The molecular weight excluding hydrogens is 472 g/mol. The van der Waals surface area contributed by atoms with E-state index in [-0.39, 0.29) is 12.6 Å². The number of nitrogens with one attached hydrogen (secondary N) is 1. The lowest BCUT2D eigenvalue weighted by atomic mass is 9.80. The number of hydrogen-bond acceptors (Lipinski definition) is 4. The van der Waals surface area contributed by atoms with Crippen molar-refractivity contribution in [1.29, 1.82) is 0 Å². The zero-order valence-electron chi connectivity index (χ0n) is 21.9. The van der Waals surface area contributed by atoms with Crippen LogP contribution in [-0.4, -0.2) is 42.2 Å². The predicted octanol–water partition coefficient (Wildman–Crippen LogP) is 6.26. The average molecular weight is 509 g/mol. The van der Waals surface area contributed by atoms with Crippen molar-refractivity contribution in [3.63, 3.8) is 0 Å². The quantitative estimate of drug-likeness (QED) is 0.265. The van der Waals surface area contributed by atoms with E-state index in [0.717, 1.165) is 38.2 Å². The van der Waals surface area contributed by atoms with Gasteiger partial charge >= 0.3 is 5.97 Å². The second-order valence-corrected chi connectivity index (χ2v) is 10.3. The minimum absolute atomic E-state index is 0.234. The summed E-state index contributed by atoms with van der Waals surface area (Å²) >= 11 is 0. The maximum atomic E-state index is 11.0. The standard InChI is InChI=1S/C33H36N2O3/c1-24(29-16-9-14-26-12-5-7-15-31(26)29)34-20-28-22-35(19-18-30(28)25-10-3-2-4-11-25)21-27-13-6-8-17-32(27)38-23-33(36)37/h2-17,24,28,30,34H,18-23H2,1H3,(H,36,37)/t24-,28?,30?/m1/s1. The number of piperidine rings is 1. The minimum Gasteiger partial charge on any atom is -0.482 e. The van der Waals surface area contributed by atoms with E-state index in [1.54, 1.807) is 0 Å². The van der Waals surface area contributed by atoms with Crippen LogP contribution in [0.1, 0.15) is 42.0 Å². The lowest BCUT2D eigenvalue weighted by Gasteiger charge is -2.40. The Hall–Kier alpha value is -3.67. The van der Waals surface area contributed by atoms with Crippen LogP contribution in [0.5, 0.6) is 5.75 Å². The molecule has 5 rings (SSSR count). The van der Waals surface area contributed by atoms with Crippen LogP contribution >= 0.6 is 0 Å². The van der Waals surface area contributed by atoms with Gasteiger partial charge in [0.1, 0.15) is 5.75 Å². The molecule has 3 atom stereocenters. The number of carbonyl (C=O) groups is 1. The number of nitrogens with zero attached hydrogens (tertiary/aromatic N) is 1. The van der Waals surface area contributed by atoms with Gasteiger partial charge in [-0.25, -0.2) is 4.79 Å². The normalized spacial score (nSPS) is 18.8. The largest absolute Gasteiger partial charge is 0.482 e. The first kappa shape index (κ1) is 26.0. The zero-order valence-corrected chi connectivity index (χ0v) is 21.9. The van der Waals surface area contributed by atoms with Gasteiger partial charge in [-0.15, -0.1) is 0 Å². The lowest BCUT2D eigenvalue weighted by molar-refractivity contribution is -0.139. The molecule has 38 heavy (non-hydrogen) atoms. The molecule has 0 spiro atoms. The molecule has 2 unspecified atom stereocenters. The molecule has 4 aromatic carbocycles. The Kier molecular flexibility index (Phi) is 8.37. The third-order valence-corrected chi connectivity index (χ3v) is 7.74. The number of fused-ring (bicyclic) bond motifs is 1. The van der Waals surface area contributed by atoms with E-state index in [4.69, 9.17) is 9.84 Å². The molecule has 5 heteroatoms. The first-order valence-corrected chi connectivity index (χ1v) is 13.5. The predicted molar refractivity (Wildman–Crippen MR) is 153 cm³/mol. The number of likely N-dealkylation sites (tertiary alicyclic amines) is 1. The van der Waals surface area contributed by atoms with Crippen LogP contribution in [0.4, 0.5) is 0 Å². The van der Waals surface area contributed by atoms with Gasteiger partial charge in [0.25, 0.3) is 0 Å². The Morgan fingerprint density at radius 2 is 1.71 bits per heavy atom. The molecule has 1 aliphatic rings. The number of aliphatic carboxylic acids is 1. The average Bonchev–Trinajstić information content (AvgIpc) is 2.95. The molecule has 0 aromatic heterocycles. The number of ether oxygens (including phenoxy) is 1. The van der Waals surface area contributed by atoms with Crippen molar-refractivity contribution in [1.82, 2.24) is 10.2 Å². The molecule has 0 aliphatic carbocycles. The summed E-state index contributed by atoms with van der Waals surface area (Å²) in [6.07, 6.45) is 1.08. The van der Waals surface area contributed by atoms with E-state index in [0.29, 0.717) is 17.6 Å². The molecule has 1 heterocycles. The number of rotatable bonds is 10. The van der Waals surface area contributed by atoms with Crippen LogP contribution < -0.4 is 10.1 Å². The fourth-order valence-electron chi connectivity index (χ4n) is 5.82. The molecule has 0 saturated carbocycles. The number of benzene rings is 4. The number of hydrogen-bond donors (Lipinski definition) is 2. The van der Waals surface area contributed by atoms with Gasteiger partial charge in [0.2, 0.25) is 0 Å². The SMILES string of the molecule is C[C@@H](NCC1CN(Cc2ccccc2OCC(=O)O)CCC1c1ccccc1)c1cccc2ccccc12. The van der Waals surface area contributed by atoms with Crippen molar-refractivity contribution in [3.8, 4) is 5.75 Å². The van der Waals surface area contributed by atoms with Crippen molar-refractivity contribution < 1.29 is 14.6 Å². The van der Waals surface area contributed by atoms with Gasteiger partial charge in [-0.05, 0) is 59.7 Å². The van der Waals surface area contributed by atoms with Crippen LogP contribution in [0.15, 0.2) is 97.1 Å². The van der Waals surface area contributed by atoms with E-state index < -0.39 is 5.97 Å². The zero-order chi connectivity index (χ0) is 26.3. The molecule has 0 bridgehead atoms. The molecule has 2 N–H and O–H groups in total. The summed E-state index contributed by atoms with van der Waals surface area (Å²) in [5.74, 6) is 0.614. The van der Waals surface area contributed by atoms with Crippen LogP contribution in [-0.2, 0) is 11.3 Å². The van der Waals surface area contributed by atoms with Crippen molar-refractivity contribution in [3.05, 3.63) is 114 Å². The summed E-state index contributed by atoms with van der Waals surface area (Å²) in [5.41, 5.74) is 3.77. The number of carboxylic acid groups (broad SMARTS) is 1. The van der Waals surface area contributed by atoms with Gasteiger partial charge in [0.15, 0.2) is 6.61 Å². The summed E-state index contributed by atoms with van der Waals surface area (Å²) in [4.78, 5) is 13.5. The van der Waals surface area contributed by atoms with E-state index in [2.05, 4.69) is 89.9 Å². The number of carboxylic acids is 1. The Bertz CT molecular complexity index is 1350. The van der Waals surface area contributed by atoms with Gasteiger partial charge < -0.3 is 15.2 Å². The molecule has 5 nitrogen and oxygen atoms in total. The third kappa shape index (κ3) is 6.24. The Morgan fingerprint density at radius 1 is 0.974 bits per heavy atom. The smallest absolute Gasteiger partial charge is 0.341 e. The Labute approximate surface area is 225 Å². The first-order chi connectivity index (χ1) is 18.6. The summed E-state index contributed by atoms with van der Waals surface area (Å²) in [6.45, 7) is 5.54. The number of para-hydroxylation sites is 1. The van der Waals surface area contributed by atoms with Gasteiger partial charge in [0.05, 0.1) is 0 Å². The van der Waals surface area contributed by atoms with Gasteiger partial charge in [-0.3, -0.25) is 4.90 Å². The van der Waals surface area contributed by atoms with Crippen molar-refractivity contribution in [2.24, 2.45) is 5.92 Å².